The van der Waals surface area contributed by atoms with E-state index in [2.05, 4.69) is 10.3 Å². The van der Waals surface area contributed by atoms with Gasteiger partial charge in [0.15, 0.2) is 19.7 Å². The summed E-state index contributed by atoms with van der Waals surface area (Å²) in [7, 11) is -3.80. The maximum atomic E-state index is 13.4. The van der Waals surface area contributed by atoms with E-state index < -0.39 is 20.5 Å². The van der Waals surface area contributed by atoms with E-state index in [-0.39, 0.29) is 4.90 Å². The molecule has 4 rings (SSSR count). The van der Waals surface area contributed by atoms with Gasteiger partial charge in [0.25, 0.3) is 0 Å². The van der Waals surface area contributed by atoms with Crippen LogP contribution >= 0.6 is 11.3 Å². The van der Waals surface area contributed by atoms with E-state index >= 15 is 0 Å². The Morgan fingerprint density at radius 2 is 1.69 bits per heavy atom. The summed E-state index contributed by atoms with van der Waals surface area (Å²) in [6.45, 7) is 2.02. The lowest BCUT2D eigenvalue weighted by atomic mass is 10.1. The number of hydrogen-bond acceptors (Lipinski definition) is 5. The molecule has 1 N–H and O–H groups in total. The minimum atomic E-state index is -3.80. The molecule has 0 spiro atoms. The minimum absolute atomic E-state index is 0.191. The Balaban J connectivity index is 1.62. The highest BCUT2D eigenvalue weighted by Crippen LogP contribution is 2.41. The lowest BCUT2D eigenvalue weighted by Gasteiger charge is -2.27. The lowest BCUT2D eigenvalue weighted by molar-refractivity contribution is -0.118. The molecular weight excluding hydrogens is 404 g/mol. The molecule has 1 aliphatic rings. The van der Waals surface area contributed by atoms with Gasteiger partial charge < -0.3 is 5.32 Å². The van der Waals surface area contributed by atoms with Crippen LogP contribution in [-0.4, -0.2) is 24.1 Å². The number of rotatable bonds is 5. The quantitative estimate of drug-likeness (QED) is 0.633. The Labute approximate surface area is 174 Å². The smallest absolute Gasteiger partial charge is 0.248 e. The highest BCUT2D eigenvalue weighted by molar-refractivity contribution is 7.93. The number of aryl methyl sites for hydroxylation is 1. The summed E-state index contributed by atoms with van der Waals surface area (Å²) in [6.07, 6.45) is 2.08. The Hall–Kier alpha value is -2.51. The zero-order valence-electron chi connectivity index (χ0n) is 16.1. The highest BCUT2D eigenvalue weighted by atomic mass is 32.2. The van der Waals surface area contributed by atoms with Crippen LogP contribution in [-0.2, 0) is 14.6 Å². The average Bonchev–Trinajstić information content (AvgIpc) is 3.40. The fourth-order valence-corrected chi connectivity index (χ4v) is 6.59. The van der Waals surface area contributed by atoms with E-state index in [9.17, 15) is 13.2 Å². The second kappa shape index (κ2) is 7.72. The molecular formula is C22H22N2O3S2. The molecule has 150 valence electrons. The summed E-state index contributed by atoms with van der Waals surface area (Å²) in [5.41, 5.74) is 2.88. The molecule has 0 radical (unpaired) electrons. The van der Waals surface area contributed by atoms with Gasteiger partial charge >= 0.3 is 0 Å². The van der Waals surface area contributed by atoms with Crippen molar-refractivity contribution in [3.63, 3.8) is 0 Å². The van der Waals surface area contributed by atoms with Crippen LogP contribution in [0.1, 0.15) is 31.2 Å². The van der Waals surface area contributed by atoms with Crippen LogP contribution in [0.3, 0.4) is 0 Å². The highest BCUT2D eigenvalue weighted by Gasteiger charge is 2.53. The number of amides is 1. The molecule has 2 aromatic carbocycles. The van der Waals surface area contributed by atoms with Gasteiger partial charge in [-0.1, -0.05) is 60.9 Å². The van der Waals surface area contributed by atoms with Crippen molar-refractivity contribution in [3.8, 4) is 11.3 Å². The van der Waals surface area contributed by atoms with Gasteiger partial charge in [-0.2, -0.15) is 0 Å². The number of carbonyl (C=O) groups excluding carboxylic acids is 1. The summed E-state index contributed by atoms with van der Waals surface area (Å²) in [5.74, 6) is -0.483. The topological polar surface area (TPSA) is 76.1 Å². The van der Waals surface area contributed by atoms with Crippen molar-refractivity contribution < 1.29 is 13.2 Å². The molecule has 0 saturated heterocycles. The predicted octanol–water partition coefficient (Wildman–Crippen LogP) is 4.84. The van der Waals surface area contributed by atoms with Crippen LogP contribution in [0.2, 0.25) is 0 Å². The van der Waals surface area contributed by atoms with E-state index in [1.54, 1.807) is 30.3 Å². The first-order chi connectivity index (χ1) is 13.9. The molecule has 0 atom stereocenters. The number of sulfone groups is 1. The Morgan fingerprint density at radius 3 is 2.34 bits per heavy atom. The molecule has 0 aliphatic heterocycles. The predicted molar refractivity (Wildman–Crippen MR) is 116 cm³/mol. The molecule has 0 unspecified atom stereocenters. The van der Waals surface area contributed by atoms with E-state index in [1.165, 1.54) is 11.3 Å². The molecule has 1 saturated carbocycles. The van der Waals surface area contributed by atoms with Crippen LogP contribution < -0.4 is 5.32 Å². The van der Waals surface area contributed by atoms with Crippen molar-refractivity contribution in [2.45, 2.75) is 42.2 Å². The molecule has 7 heteroatoms. The van der Waals surface area contributed by atoms with E-state index in [0.29, 0.717) is 30.8 Å². The maximum Gasteiger partial charge on any atom is 0.248 e. The summed E-state index contributed by atoms with van der Waals surface area (Å²) in [5, 5.41) is 5.08. The Morgan fingerprint density at radius 1 is 1.03 bits per heavy atom. The fourth-order valence-electron chi connectivity index (χ4n) is 3.79. The molecule has 1 heterocycles. The van der Waals surface area contributed by atoms with Crippen molar-refractivity contribution in [3.05, 3.63) is 65.5 Å². The molecule has 1 amide bonds. The Bertz CT molecular complexity index is 1110. The normalized spacial score (nSPS) is 15.9. The molecule has 3 aromatic rings. The zero-order valence-corrected chi connectivity index (χ0v) is 17.7. The molecule has 1 fully saturated rings. The van der Waals surface area contributed by atoms with E-state index in [0.717, 1.165) is 16.8 Å². The second-order valence-corrected chi connectivity index (χ2v) is 10.5. The van der Waals surface area contributed by atoms with E-state index in [1.807, 2.05) is 36.6 Å². The first kappa shape index (κ1) is 19.8. The van der Waals surface area contributed by atoms with Crippen LogP contribution in [0, 0.1) is 6.92 Å². The molecule has 1 aliphatic carbocycles. The third-order valence-corrected chi connectivity index (χ3v) is 8.74. The third-order valence-electron chi connectivity index (χ3n) is 5.46. The van der Waals surface area contributed by atoms with Crippen LogP contribution in [0.5, 0.6) is 0 Å². The van der Waals surface area contributed by atoms with Gasteiger partial charge in [-0.05, 0) is 31.9 Å². The van der Waals surface area contributed by atoms with Gasteiger partial charge in [-0.25, -0.2) is 13.4 Å². The number of carbonyl (C=O) groups is 1. The summed E-state index contributed by atoms with van der Waals surface area (Å²) in [4.78, 5) is 17.9. The van der Waals surface area contributed by atoms with Gasteiger partial charge in [0.05, 0.1) is 10.6 Å². The average molecular weight is 427 g/mol. The SMILES string of the molecule is Cc1ccc(-c2csc(NC(=O)C3(S(=O)(=O)c4ccccc4)CCCC3)n2)cc1. The van der Waals surface area contributed by atoms with Gasteiger partial charge in [-0.15, -0.1) is 11.3 Å². The van der Waals surface area contributed by atoms with Crippen molar-refractivity contribution in [1.82, 2.24) is 4.98 Å². The van der Waals surface area contributed by atoms with Crippen molar-refractivity contribution >= 4 is 32.2 Å². The van der Waals surface area contributed by atoms with Gasteiger partial charge in [0, 0.05) is 10.9 Å². The standard InChI is InChI=1S/C22H22N2O3S2/c1-16-9-11-17(12-10-16)19-15-28-21(23-19)24-20(25)22(13-5-6-14-22)29(26,27)18-7-3-2-4-8-18/h2-4,7-12,15H,5-6,13-14H2,1H3,(H,23,24,25). The number of aromatic nitrogens is 1. The number of benzene rings is 2. The number of hydrogen-bond donors (Lipinski definition) is 1. The van der Waals surface area contributed by atoms with Crippen molar-refractivity contribution in [2.75, 3.05) is 5.32 Å². The number of nitrogens with zero attached hydrogens (tertiary/aromatic N) is 1. The number of anilines is 1. The summed E-state index contributed by atoms with van der Waals surface area (Å²) >= 11 is 1.30. The Kier molecular flexibility index (Phi) is 5.27. The van der Waals surface area contributed by atoms with Gasteiger partial charge in [0.2, 0.25) is 5.91 Å². The first-order valence-corrected chi connectivity index (χ1v) is 11.9. The largest absolute Gasteiger partial charge is 0.301 e. The van der Waals surface area contributed by atoms with Gasteiger partial charge in [0.1, 0.15) is 0 Å². The fraction of sp³-hybridized carbons (Fsp3) is 0.273. The zero-order chi connectivity index (χ0) is 20.5. The number of nitrogens with one attached hydrogen (secondary N) is 1. The van der Waals surface area contributed by atoms with Gasteiger partial charge in [-0.3, -0.25) is 4.79 Å². The van der Waals surface area contributed by atoms with Crippen LogP contribution in [0.15, 0.2) is 64.9 Å². The molecule has 0 bridgehead atoms. The third kappa shape index (κ3) is 3.60. The monoisotopic (exact) mass is 426 g/mol. The minimum Gasteiger partial charge on any atom is -0.301 e. The first-order valence-electron chi connectivity index (χ1n) is 9.56. The lowest BCUT2D eigenvalue weighted by Crippen LogP contribution is -2.47. The molecule has 29 heavy (non-hydrogen) atoms. The van der Waals surface area contributed by atoms with Crippen LogP contribution in [0.4, 0.5) is 5.13 Å². The van der Waals surface area contributed by atoms with Crippen LogP contribution in [0.25, 0.3) is 11.3 Å². The second-order valence-electron chi connectivity index (χ2n) is 7.38. The molecule has 1 aromatic heterocycles. The summed E-state index contributed by atoms with van der Waals surface area (Å²) in [6, 6.07) is 16.2. The van der Waals surface area contributed by atoms with Crippen molar-refractivity contribution in [2.24, 2.45) is 0 Å². The maximum absolute atomic E-state index is 13.4. The summed E-state index contributed by atoms with van der Waals surface area (Å²) < 4.78 is 25.3. The number of thiazole rings is 1. The van der Waals surface area contributed by atoms with Crippen molar-refractivity contribution in [1.29, 1.82) is 0 Å². The van der Waals surface area contributed by atoms with E-state index in [4.69, 9.17) is 0 Å². The molecule has 5 nitrogen and oxygen atoms in total.